The Hall–Kier alpha value is -2.97. The third-order valence-corrected chi connectivity index (χ3v) is 4.74. The summed E-state index contributed by atoms with van der Waals surface area (Å²) >= 11 is 6.84. The van der Waals surface area contributed by atoms with E-state index in [1.54, 1.807) is 11.6 Å². The molecule has 4 aromatic rings. The topological polar surface area (TPSA) is 63.5 Å². The van der Waals surface area contributed by atoms with E-state index in [2.05, 4.69) is 20.7 Å². The third kappa shape index (κ3) is 3.24. The number of benzene rings is 2. The van der Waals surface area contributed by atoms with Crippen molar-refractivity contribution in [3.05, 3.63) is 60.0 Å². The van der Waals surface area contributed by atoms with Crippen LogP contribution in [0.15, 0.2) is 60.0 Å². The normalized spacial score (nSPS) is 10.7. The van der Waals surface area contributed by atoms with Gasteiger partial charge in [-0.15, -0.1) is 16.4 Å². The number of hydrogen-bond acceptors (Lipinski definition) is 5. The minimum atomic E-state index is 0.438. The minimum absolute atomic E-state index is 0.438. The lowest BCUT2D eigenvalue weighted by Gasteiger charge is -2.07. The molecule has 0 aliphatic heterocycles. The number of nitrogens with zero attached hydrogens (tertiary/aromatic N) is 3. The Morgan fingerprint density at radius 1 is 1.08 bits per heavy atom. The molecule has 0 bridgehead atoms. The first-order chi connectivity index (χ1) is 12.7. The number of rotatable bonds is 4. The average Bonchev–Trinajstić information content (AvgIpc) is 3.22. The van der Waals surface area contributed by atoms with Gasteiger partial charge in [0.1, 0.15) is 5.75 Å². The molecule has 4 rings (SSSR count). The van der Waals surface area contributed by atoms with Gasteiger partial charge in [0.05, 0.1) is 12.8 Å². The van der Waals surface area contributed by atoms with Gasteiger partial charge in [0.25, 0.3) is 0 Å². The molecule has 0 unspecified atom stereocenters. The molecule has 0 aliphatic carbocycles. The number of hydrogen-bond donors (Lipinski definition) is 2. The van der Waals surface area contributed by atoms with Crippen molar-refractivity contribution in [1.82, 2.24) is 14.6 Å². The van der Waals surface area contributed by atoms with Gasteiger partial charge in [0.15, 0.2) is 5.11 Å². The molecule has 130 valence electrons. The number of fused-ring (bicyclic) bond motifs is 1. The van der Waals surface area contributed by atoms with Crippen molar-refractivity contribution in [2.75, 3.05) is 17.7 Å². The average molecular weight is 381 g/mol. The van der Waals surface area contributed by atoms with E-state index in [-0.39, 0.29) is 0 Å². The van der Waals surface area contributed by atoms with Crippen molar-refractivity contribution in [3.63, 3.8) is 0 Å². The van der Waals surface area contributed by atoms with Crippen LogP contribution >= 0.6 is 23.6 Å². The highest BCUT2D eigenvalue weighted by Gasteiger charge is 2.15. The molecule has 2 N–H and O–H groups in total. The second kappa shape index (κ2) is 7.11. The molecule has 26 heavy (non-hydrogen) atoms. The largest absolute Gasteiger partial charge is 0.496 e. The number of thiocarbonyl (C=S) groups is 1. The first kappa shape index (κ1) is 16.5. The lowest BCUT2D eigenvalue weighted by Crippen LogP contribution is -2.19. The van der Waals surface area contributed by atoms with Crippen molar-refractivity contribution >= 4 is 45.3 Å². The summed E-state index contributed by atoms with van der Waals surface area (Å²) in [6.45, 7) is 0. The molecule has 0 saturated heterocycles. The molecule has 0 aliphatic rings. The number of anilines is 2. The summed E-state index contributed by atoms with van der Waals surface area (Å²) in [7, 11) is 1.66. The van der Waals surface area contributed by atoms with Crippen molar-refractivity contribution in [3.8, 4) is 17.0 Å². The van der Waals surface area contributed by atoms with Gasteiger partial charge in [-0.1, -0.05) is 30.3 Å². The molecule has 0 radical (unpaired) electrons. The predicted octanol–water partition coefficient (Wildman–Crippen LogP) is 4.28. The van der Waals surface area contributed by atoms with Crippen LogP contribution in [0.1, 0.15) is 0 Å². The van der Waals surface area contributed by atoms with Crippen molar-refractivity contribution < 1.29 is 4.74 Å². The minimum Gasteiger partial charge on any atom is -0.496 e. The predicted molar refractivity (Wildman–Crippen MR) is 109 cm³/mol. The zero-order valence-electron chi connectivity index (χ0n) is 13.8. The van der Waals surface area contributed by atoms with Crippen LogP contribution in [0.5, 0.6) is 5.75 Å². The Bertz CT molecular complexity index is 1060. The second-order valence-electron chi connectivity index (χ2n) is 5.40. The zero-order valence-corrected chi connectivity index (χ0v) is 15.5. The summed E-state index contributed by atoms with van der Waals surface area (Å²) in [5.74, 6) is 1.24. The maximum absolute atomic E-state index is 5.45. The molecule has 6 nitrogen and oxygen atoms in total. The number of nitrogens with one attached hydrogen (secondary N) is 2. The molecule has 0 amide bonds. The van der Waals surface area contributed by atoms with E-state index in [0.717, 1.165) is 27.7 Å². The number of thiazole rings is 1. The van der Waals surface area contributed by atoms with Gasteiger partial charge in [0.2, 0.25) is 10.9 Å². The number of methoxy groups -OCH3 is 1. The van der Waals surface area contributed by atoms with E-state index in [0.29, 0.717) is 11.1 Å². The third-order valence-electron chi connectivity index (χ3n) is 3.72. The van der Waals surface area contributed by atoms with Crippen LogP contribution < -0.4 is 15.4 Å². The van der Waals surface area contributed by atoms with Crippen molar-refractivity contribution in [1.29, 1.82) is 0 Å². The summed E-state index contributed by atoms with van der Waals surface area (Å²) in [6.07, 6.45) is 0. The van der Waals surface area contributed by atoms with E-state index in [1.807, 2.05) is 60.0 Å². The summed E-state index contributed by atoms with van der Waals surface area (Å²) in [6, 6.07) is 17.5. The molecule has 8 heteroatoms. The van der Waals surface area contributed by atoms with Crippen LogP contribution in [0.2, 0.25) is 0 Å². The van der Waals surface area contributed by atoms with Gasteiger partial charge < -0.3 is 10.1 Å². The highest BCUT2D eigenvalue weighted by atomic mass is 32.1. The molecule has 0 fully saturated rings. The highest BCUT2D eigenvalue weighted by Crippen LogP contribution is 2.32. The molecule has 0 atom stereocenters. The first-order valence-electron chi connectivity index (χ1n) is 7.85. The fourth-order valence-electron chi connectivity index (χ4n) is 2.56. The first-order valence-corrected chi connectivity index (χ1v) is 9.14. The van der Waals surface area contributed by atoms with Crippen LogP contribution in [0.4, 0.5) is 11.6 Å². The van der Waals surface area contributed by atoms with E-state index < -0.39 is 0 Å². The fourth-order valence-corrected chi connectivity index (χ4v) is 3.59. The van der Waals surface area contributed by atoms with Gasteiger partial charge in [-0.3, -0.25) is 5.32 Å². The highest BCUT2D eigenvalue weighted by molar-refractivity contribution is 7.80. The summed E-state index contributed by atoms with van der Waals surface area (Å²) < 4.78 is 7.24. The van der Waals surface area contributed by atoms with Crippen LogP contribution in [0, 0.1) is 0 Å². The SMILES string of the molecule is COc1ccccc1-c1csc2nc(NC(=S)Nc3ccccc3)nn12. The molecule has 0 saturated carbocycles. The van der Waals surface area contributed by atoms with E-state index >= 15 is 0 Å². The summed E-state index contributed by atoms with van der Waals surface area (Å²) in [4.78, 5) is 5.26. The monoisotopic (exact) mass is 381 g/mol. The Labute approximate surface area is 159 Å². The molecular weight excluding hydrogens is 366 g/mol. The molecule has 2 heterocycles. The Morgan fingerprint density at radius 2 is 1.85 bits per heavy atom. The number of ether oxygens (including phenoxy) is 1. The van der Waals surface area contributed by atoms with Crippen LogP contribution in [0.25, 0.3) is 16.2 Å². The van der Waals surface area contributed by atoms with Crippen molar-refractivity contribution in [2.24, 2.45) is 0 Å². The number of aromatic nitrogens is 3. The Kier molecular flexibility index (Phi) is 4.51. The second-order valence-corrected chi connectivity index (χ2v) is 6.64. The zero-order chi connectivity index (χ0) is 17.9. The van der Waals surface area contributed by atoms with Gasteiger partial charge in [-0.25, -0.2) is 4.52 Å². The molecule has 0 spiro atoms. The Morgan fingerprint density at radius 3 is 2.65 bits per heavy atom. The van der Waals surface area contributed by atoms with E-state index in [1.165, 1.54) is 11.3 Å². The standard InChI is InChI=1S/C18H15N5OS2/c1-24-15-10-6-5-9-13(15)14-11-26-18-21-16(22-23(14)18)20-17(25)19-12-7-3-2-4-8-12/h2-11H,1H3,(H2,19,20,22,25). The van der Waals surface area contributed by atoms with Crippen molar-refractivity contribution in [2.45, 2.75) is 0 Å². The quantitative estimate of drug-likeness (QED) is 0.515. The number of para-hydroxylation sites is 2. The molecular formula is C18H15N5OS2. The van der Waals surface area contributed by atoms with Gasteiger partial charge in [-0.05, 0) is 36.5 Å². The summed E-state index contributed by atoms with van der Waals surface area (Å²) in [5, 5.41) is 13.1. The van der Waals surface area contributed by atoms with Gasteiger partial charge >= 0.3 is 0 Å². The maximum atomic E-state index is 5.45. The van der Waals surface area contributed by atoms with Crippen LogP contribution in [0.3, 0.4) is 0 Å². The van der Waals surface area contributed by atoms with E-state index in [9.17, 15) is 0 Å². The smallest absolute Gasteiger partial charge is 0.250 e. The lowest BCUT2D eigenvalue weighted by molar-refractivity contribution is 0.416. The maximum Gasteiger partial charge on any atom is 0.250 e. The fraction of sp³-hybridized carbons (Fsp3) is 0.0556. The summed E-state index contributed by atoms with van der Waals surface area (Å²) in [5.41, 5.74) is 2.79. The van der Waals surface area contributed by atoms with E-state index in [4.69, 9.17) is 17.0 Å². The van der Waals surface area contributed by atoms with Crippen LogP contribution in [-0.4, -0.2) is 26.8 Å². The Balaban J connectivity index is 1.59. The van der Waals surface area contributed by atoms with Gasteiger partial charge in [0, 0.05) is 16.6 Å². The van der Waals surface area contributed by atoms with Crippen LogP contribution in [-0.2, 0) is 0 Å². The lowest BCUT2D eigenvalue weighted by atomic mass is 10.1. The van der Waals surface area contributed by atoms with Gasteiger partial charge in [-0.2, -0.15) is 4.98 Å². The molecule has 2 aromatic heterocycles. The molecule has 2 aromatic carbocycles.